The molecule has 4 heteroatoms. The van der Waals surface area contributed by atoms with Crippen LogP contribution in [0.1, 0.15) is 45.4 Å². The van der Waals surface area contributed by atoms with Crippen LogP contribution in [0.3, 0.4) is 0 Å². The number of morpholine rings is 1. The number of unbranched alkanes of at least 4 members (excludes halogenated alkanes) is 2. The summed E-state index contributed by atoms with van der Waals surface area (Å²) in [6.45, 7) is 6.49. The normalized spacial score (nSPS) is 26.2. The minimum Gasteiger partial charge on any atom is -0.462 e. The number of esters is 1. The molecule has 2 saturated heterocycles. The average Bonchev–Trinajstić information content (AvgIpc) is 2.85. The van der Waals surface area contributed by atoms with E-state index in [1.807, 2.05) is 0 Å². The van der Waals surface area contributed by atoms with Gasteiger partial charge >= 0.3 is 5.97 Å². The number of carbonyl (C=O) groups is 1. The zero-order chi connectivity index (χ0) is 14.9. The lowest BCUT2D eigenvalue weighted by Gasteiger charge is -2.24. The van der Waals surface area contributed by atoms with Gasteiger partial charge in [0.2, 0.25) is 0 Å². The van der Waals surface area contributed by atoms with Crippen LogP contribution in [0.4, 0.5) is 0 Å². The molecule has 0 aromatic rings. The fourth-order valence-corrected chi connectivity index (χ4v) is 2.81. The second-order valence-corrected chi connectivity index (χ2v) is 5.93. The van der Waals surface area contributed by atoms with E-state index in [1.54, 1.807) is 0 Å². The van der Waals surface area contributed by atoms with Gasteiger partial charge in [-0.2, -0.15) is 0 Å². The van der Waals surface area contributed by atoms with Crippen LogP contribution < -0.4 is 0 Å². The Bertz CT molecular complexity index is 379. The zero-order valence-electron chi connectivity index (χ0n) is 13.1. The molecule has 0 unspecified atom stereocenters. The smallest absolute Gasteiger partial charge is 0.310 e. The molecule has 0 saturated carbocycles. The molecule has 0 amide bonds. The third-order valence-electron chi connectivity index (χ3n) is 4.17. The first-order valence-electron chi connectivity index (χ1n) is 8.26. The molecule has 4 nitrogen and oxygen atoms in total. The van der Waals surface area contributed by atoms with Crippen molar-refractivity contribution < 1.29 is 14.3 Å². The van der Waals surface area contributed by atoms with Gasteiger partial charge in [-0.25, -0.2) is 0 Å². The highest BCUT2D eigenvalue weighted by Gasteiger charge is 2.33. The summed E-state index contributed by atoms with van der Waals surface area (Å²) in [6.07, 6.45) is 6.23. The predicted octanol–water partition coefficient (Wildman–Crippen LogP) is 2.22. The third-order valence-corrected chi connectivity index (χ3v) is 4.17. The SMILES string of the molecule is CCCCC[C@@H]1C[C@@H](CC#CCN2CCOCC2)C(=O)O1. The molecule has 2 aliphatic heterocycles. The predicted molar refractivity (Wildman–Crippen MR) is 81.8 cm³/mol. The average molecular weight is 293 g/mol. The Morgan fingerprint density at radius 1 is 1.24 bits per heavy atom. The van der Waals surface area contributed by atoms with Crippen LogP contribution in [-0.2, 0) is 14.3 Å². The van der Waals surface area contributed by atoms with Crippen molar-refractivity contribution in [1.29, 1.82) is 0 Å². The van der Waals surface area contributed by atoms with E-state index < -0.39 is 0 Å². The maximum Gasteiger partial charge on any atom is 0.310 e. The summed E-state index contributed by atoms with van der Waals surface area (Å²) in [5.41, 5.74) is 0. The Labute approximate surface area is 128 Å². The second-order valence-electron chi connectivity index (χ2n) is 5.93. The van der Waals surface area contributed by atoms with Crippen molar-refractivity contribution in [3.8, 4) is 11.8 Å². The van der Waals surface area contributed by atoms with Crippen LogP contribution in [0.2, 0.25) is 0 Å². The van der Waals surface area contributed by atoms with Crippen molar-refractivity contribution >= 4 is 5.97 Å². The van der Waals surface area contributed by atoms with Crippen LogP contribution in [0, 0.1) is 17.8 Å². The van der Waals surface area contributed by atoms with Crippen LogP contribution in [0.25, 0.3) is 0 Å². The van der Waals surface area contributed by atoms with Crippen molar-refractivity contribution in [2.75, 3.05) is 32.8 Å². The number of carbonyl (C=O) groups excluding carboxylic acids is 1. The molecule has 0 bridgehead atoms. The minimum absolute atomic E-state index is 0.00573. The number of ether oxygens (including phenoxy) is 2. The van der Waals surface area contributed by atoms with Gasteiger partial charge in [-0.15, -0.1) is 5.92 Å². The Balaban J connectivity index is 1.65. The molecule has 2 aliphatic rings. The van der Waals surface area contributed by atoms with Crippen LogP contribution in [-0.4, -0.2) is 49.8 Å². The third kappa shape index (κ3) is 5.68. The molecule has 0 spiro atoms. The number of rotatable bonds is 6. The molecule has 2 atom stereocenters. The van der Waals surface area contributed by atoms with Gasteiger partial charge in [0, 0.05) is 19.5 Å². The largest absolute Gasteiger partial charge is 0.462 e. The maximum absolute atomic E-state index is 11.8. The van der Waals surface area contributed by atoms with Crippen molar-refractivity contribution in [3.63, 3.8) is 0 Å². The number of nitrogens with zero attached hydrogens (tertiary/aromatic N) is 1. The maximum atomic E-state index is 11.8. The van der Waals surface area contributed by atoms with E-state index in [0.717, 1.165) is 52.1 Å². The van der Waals surface area contributed by atoms with Gasteiger partial charge in [0.05, 0.1) is 25.7 Å². The summed E-state index contributed by atoms with van der Waals surface area (Å²) in [5, 5.41) is 0. The molecule has 2 heterocycles. The highest BCUT2D eigenvalue weighted by atomic mass is 16.5. The number of cyclic esters (lactones) is 1. The molecular formula is C17H27NO3. The van der Waals surface area contributed by atoms with Gasteiger partial charge in [-0.3, -0.25) is 9.69 Å². The van der Waals surface area contributed by atoms with Crippen molar-refractivity contribution in [2.45, 2.75) is 51.6 Å². The van der Waals surface area contributed by atoms with E-state index in [-0.39, 0.29) is 18.0 Å². The van der Waals surface area contributed by atoms with Crippen molar-refractivity contribution in [2.24, 2.45) is 5.92 Å². The van der Waals surface area contributed by atoms with Gasteiger partial charge in [-0.1, -0.05) is 25.7 Å². The van der Waals surface area contributed by atoms with Crippen LogP contribution >= 0.6 is 0 Å². The van der Waals surface area contributed by atoms with E-state index >= 15 is 0 Å². The Hall–Kier alpha value is -1.05. The van der Waals surface area contributed by atoms with Gasteiger partial charge in [0.15, 0.2) is 0 Å². The standard InChI is InChI=1S/C17H27NO3/c1-2-3-4-8-16-14-15(17(19)21-16)7-5-6-9-18-10-12-20-13-11-18/h15-16H,2-4,7-14H2,1H3/t15-,16-/m1/s1. The molecule has 2 rings (SSSR count). The summed E-state index contributed by atoms with van der Waals surface area (Å²) < 4.78 is 10.7. The summed E-state index contributed by atoms with van der Waals surface area (Å²) in [6, 6.07) is 0. The molecule has 0 aliphatic carbocycles. The second kappa shape index (κ2) is 9.07. The van der Waals surface area contributed by atoms with Crippen molar-refractivity contribution in [3.05, 3.63) is 0 Å². The first-order valence-corrected chi connectivity index (χ1v) is 8.26. The number of hydrogen-bond acceptors (Lipinski definition) is 4. The fraction of sp³-hybridized carbons (Fsp3) is 0.824. The molecule has 0 N–H and O–H groups in total. The Morgan fingerprint density at radius 2 is 2.05 bits per heavy atom. The molecule has 0 aromatic carbocycles. The lowest BCUT2D eigenvalue weighted by Crippen LogP contribution is -2.36. The van der Waals surface area contributed by atoms with E-state index in [2.05, 4.69) is 23.7 Å². The Morgan fingerprint density at radius 3 is 2.81 bits per heavy atom. The monoisotopic (exact) mass is 293 g/mol. The molecule has 21 heavy (non-hydrogen) atoms. The lowest BCUT2D eigenvalue weighted by atomic mass is 9.99. The van der Waals surface area contributed by atoms with Gasteiger partial charge < -0.3 is 9.47 Å². The highest BCUT2D eigenvalue weighted by Crippen LogP contribution is 2.27. The van der Waals surface area contributed by atoms with E-state index in [0.29, 0.717) is 6.42 Å². The molecule has 0 aromatic heterocycles. The van der Waals surface area contributed by atoms with Gasteiger partial charge in [0.25, 0.3) is 0 Å². The molecule has 118 valence electrons. The van der Waals surface area contributed by atoms with Gasteiger partial charge in [0.1, 0.15) is 6.10 Å². The first kappa shape index (κ1) is 16.3. The fourth-order valence-electron chi connectivity index (χ4n) is 2.81. The van der Waals surface area contributed by atoms with Crippen molar-refractivity contribution in [1.82, 2.24) is 4.90 Å². The van der Waals surface area contributed by atoms with Gasteiger partial charge in [-0.05, 0) is 19.3 Å². The van der Waals surface area contributed by atoms with Crippen LogP contribution in [0.15, 0.2) is 0 Å². The summed E-state index contributed by atoms with van der Waals surface area (Å²) in [5.74, 6) is 6.29. The minimum atomic E-state index is -0.0443. The van der Waals surface area contributed by atoms with E-state index in [4.69, 9.17) is 9.47 Å². The van der Waals surface area contributed by atoms with Crippen LogP contribution in [0.5, 0.6) is 0 Å². The molecule has 2 fully saturated rings. The quantitative estimate of drug-likeness (QED) is 0.428. The molecular weight excluding hydrogens is 266 g/mol. The number of hydrogen-bond donors (Lipinski definition) is 0. The van der Waals surface area contributed by atoms with E-state index in [9.17, 15) is 4.79 Å². The lowest BCUT2D eigenvalue weighted by molar-refractivity contribution is -0.144. The molecule has 0 radical (unpaired) electrons. The summed E-state index contributed by atoms with van der Waals surface area (Å²) in [7, 11) is 0. The summed E-state index contributed by atoms with van der Waals surface area (Å²) >= 11 is 0. The zero-order valence-corrected chi connectivity index (χ0v) is 13.1. The van der Waals surface area contributed by atoms with E-state index in [1.165, 1.54) is 12.8 Å². The Kier molecular flexibility index (Phi) is 7.05. The summed E-state index contributed by atoms with van der Waals surface area (Å²) in [4.78, 5) is 14.1. The first-order chi connectivity index (χ1) is 10.3. The topological polar surface area (TPSA) is 38.8 Å². The highest BCUT2D eigenvalue weighted by molar-refractivity contribution is 5.75.